The first kappa shape index (κ1) is 15.4. The molecule has 1 unspecified atom stereocenters. The molecule has 1 atom stereocenters. The number of rotatable bonds is 6. The van der Waals surface area contributed by atoms with Crippen molar-refractivity contribution >= 4 is 5.69 Å². The Morgan fingerprint density at radius 3 is 2.81 bits per heavy atom. The fraction of sp³-hybridized carbons (Fsp3) is 0.353. The van der Waals surface area contributed by atoms with Crippen LogP contribution in [0.3, 0.4) is 0 Å². The Morgan fingerprint density at radius 1 is 1.33 bits per heavy atom. The maximum atomic E-state index is 13.6. The Kier molecular flexibility index (Phi) is 5.28. The number of nitrogens with zero attached hydrogens (tertiary/aromatic N) is 2. The molecule has 0 fully saturated rings. The fourth-order valence-electron chi connectivity index (χ4n) is 2.49. The SMILES string of the molecule is CCNC(C)c1cc(F)ccc1N(C)Cc1cccnc1. The molecule has 0 aliphatic rings. The lowest BCUT2D eigenvalue weighted by Crippen LogP contribution is -2.23. The summed E-state index contributed by atoms with van der Waals surface area (Å²) >= 11 is 0. The van der Waals surface area contributed by atoms with Crippen molar-refractivity contribution < 1.29 is 4.39 Å². The van der Waals surface area contributed by atoms with Crippen LogP contribution >= 0.6 is 0 Å². The van der Waals surface area contributed by atoms with E-state index in [1.54, 1.807) is 12.3 Å². The van der Waals surface area contributed by atoms with Crippen molar-refractivity contribution in [2.75, 3.05) is 18.5 Å². The molecular formula is C17H22FN3. The zero-order valence-electron chi connectivity index (χ0n) is 12.8. The molecule has 0 saturated heterocycles. The molecule has 0 bridgehead atoms. The normalized spacial score (nSPS) is 12.2. The zero-order chi connectivity index (χ0) is 15.2. The van der Waals surface area contributed by atoms with E-state index in [4.69, 9.17) is 0 Å². The summed E-state index contributed by atoms with van der Waals surface area (Å²) in [6.45, 7) is 5.70. The number of anilines is 1. The summed E-state index contributed by atoms with van der Waals surface area (Å²) in [7, 11) is 2.02. The topological polar surface area (TPSA) is 28.2 Å². The minimum absolute atomic E-state index is 0.108. The highest BCUT2D eigenvalue weighted by molar-refractivity contribution is 5.55. The number of pyridine rings is 1. The molecule has 0 aliphatic carbocycles. The summed E-state index contributed by atoms with van der Waals surface area (Å²) in [6.07, 6.45) is 3.62. The van der Waals surface area contributed by atoms with Gasteiger partial charge >= 0.3 is 0 Å². The second kappa shape index (κ2) is 7.18. The zero-order valence-corrected chi connectivity index (χ0v) is 12.8. The van der Waals surface area contributed by atoms with E-state index >= 15 is 0 Å². The van der Waals surface area contributed by atoms with Crippen LogP contribution < -0.4 is 10.2 Å². The van der Waals surface area contributed by atoms with Crippen LogP contribution in [0.25, 0.3) is 0 Å². The maximum absolute atomic E-state index is 13.6. The van der Waals surface area contributed by atoms with Crippen LogP contribution in [0.15, 0.2) is 42.7 Å². The largest absolute Gasteiger partial charge is 0.370 e. The van der Waals surface area contributed by atoms with Crippen molar-refractivity contribution in [2.45, 2.75) is 26.4 Å². The van der Waals surface area contributed by atoms with Crippen molar-refractivity contribution in [1.82, 2.24) is 10.3 Å². The molecule has 0 amide bonds. The fourth-order valence-corrected chi connectivity index (χ4v) is 2.49. The molecule has 1 aromatic carbocycles. The van der Waals surface area contributed by atoms with Crippen LogP contribution in [-0.4, -0.2) is 18.6 Å². The molecular weight excluding hydrogens is 265 g/mol. The van der Waals surface area contributed by atoms with Gasteiger partial charge in [-0.1, -0.05) is 13.0 Å². The first-order chi connectivity index (χ1) is 10.1. The molecule has 3 nitrogen and oxygen atoms in total. The number of nitrogens with one attached hydrogen (secondary N) is 1. The van der Waals surface area contributed by atoms with Gasteiger partial charge in [-0.3, -0.25) is 4.98 Å². The van der Waals surface area contributed by atoms with Gasteiger partial charge in [-0.25, -0.2) is 4.39 Å². The lowest BCUT2D eigenvalue weighted by atomic mass is 10.0. The van der Waals surface area contributed by atoms with Crippen LogP contribution in [0.1, 0.15) is 31.0 Å². The molecule has 2 aromatic rings. The van der Waals surface area contributed by atoms with E-state index in [9.17, 15) is 4.39 Å². The molecule has 2 rings (SSSR count). The van der Waals surface area contributed by atoms with Crippen molar-refractivity contribution in [2.24, 2.45) is 0 Å². The van der Waals surface area contributed by atoms with Crippen molar-refractivity contribution in [3.63, 3.8) is 0 Å². The van der Waals surface area contributed by atoms with E-state index in [0.29, 0.717) is 0 Å². The summed E-state index contributed by atoms with van der Waals surface area (Å²) in [5.74, 6) is -0.201. The second-order valence-corrected chi connectivity index (χ2v) is 5.20. The number of aromatic nitrogens is 1. The summed E-state index contributed by atoms with van der Waals surface area (Å²) < 4.78 is 13.6. The van der Waals surface area contributed by atoms with Gasteiger partial charge in [0.15, 0.2) is 0 Å². The van der Waals surface area contributed by atoms with Gasteiger partial charge in [0.2, 0.25) is 0 Å². The number of hydrogen-bond acceptors (Lipinski definition) is 3. The highest BCUT2D eigenvalue weighted by Gasteiger charge is 2.14. The average Bonchev–Trinajstić information content (AvgIpc) is 2.48. The third-order valence-electron chi connectivity index (χ3n) is 3.52. The Bertz CT molecular complexity index is 572. The molecule has 1 N–H and O–H groups in total. The van der Waals surface area contributed by atoms with Gasteiger partial charge in [-0.2, -0.15) is 0 Å². The Hall–Kier alpha value is -1.94. The van der Waals surface area contributed by atoms with Gasteiger partial charge in [-0.05, 0) is 48.9 Å². The third kappa shape index (κ3) is 4.02. The van der Waals surface area contributed by atoms with Crippen LogP contribution in [-0.2, 0) is 6.54 Å². The highest BCUT2D eigenvalue weighted by Crippen LogP contribution is 2.27. The molecule has 0 spiro atoms. The molecule has 21 heavy (non-hydrogen) atoms. The first-order valence-corrected chi connectivity index (χ1v) is 7.24. The van der Waals surface area contributed by atoms with Gasteiger partial charge in [0.25, 0.3) is 0 Å². The van der Waals surface area contributed by atoms with E-state index in [-0.39, 0.29) is 11.9 Å². The maximum Gasteiger partial charge on any atom is 0.123 e. The predicted octanol–water partition coefficient (Wildman–Crippen LogP) is 3.53. The van der Waals surface area contributed by atoms with Crippen LogP contribution in [0.4, 0.5) is 10.1 Å². The molecule has 1 aromatic heterocycles. The smallest absolute Gasteiger partial charge is 0.123 e. The Labute approximate surface area is 125 Å². The van der Waals surface area contributed by atoms with E-state index in [2.05, 4.69) is 29.0 Å². The standard InChI is InChI=1S/C17H22FN3/c1-4-20-13(2)16-10-15(18)7-8-17(16)21(3)12-14-6-5-9-19-11-14/h5-11,13,20H,4,12H2,1-3H3. The van der Waals surface area contributed by atoms with E-state index in [1.165, 1.54) is 6.07 Å². The highest BCUT2D eigenvalue weighted by atomic mass is 19.1. The van der Waals surface area contributed by atoms with Gasteiger partial charge in [0.05, 0.1) is 0 Å². The van der Waals surface area contributed by atoms with Crippen molar-refractivity contribution in [3.05, 3.63) is 59.7 Å². The Balaban J connectivity index is 2.25. The predicted molar refractivity (Wildman–Crippen MR) is 84.8 cm³/mol. The number of halogens is 1. The number of hydrogen-bond donors (Lipinski definition) is 1. The van der Waals surface area contributed by atoms with E-state index in [1.807, 2.05) is 31.4 Å². The molecule has 0 saturated carbocycles. The Morgan fingerprint density at radius 2 is 2.14 bits per heavy atom. The minimum atomic E-state index is -0.201. The monoisotopic (exact) mass is 287 g/mol. The van der Waals surface area contributed by atoms with E-state index in [0.717, 1.165) is 29.9 Å². The van der Waals surface area contributed by atoms with Crippen molar-refractivity contribution in [3.8, 4) is 0 Å². The molecule has 0 radical (unpaired) electrons. The quantitative estimate of drug-likeness (QED) is 0.881. The molecule has 1 heterocycles. The average molecular weight is 287 g/mol. The van der Waals surface area contributed by atoms with E-state index < -0.39 is 0 Å². The number of benzene rings is 1. The van der Waals surface area contributed by atoms with Gasteiger partial charge < -0.3 is 10.2 Å². The first-order valence-electron chi connectivity index (χ1n) is 7.24. The lowest BCUT2D eigenvalue weighted by Gasteiger charge is -2.25. The summed E-state index contributed by atoms with van der Waals surface area (Å²) in [5, 5.41) is 3.34. The summed E-state index contributed by atoms with van der Waals surface area (Å²) in [4.78, 5) is 6.26. The molecule has 0 aliphatic heterocycles. The van der Waals surface area contributed by atoms with Gasteiger partial charge in [0.1, 0.15) is 5.82 Å². The third-order valence-corrected chi connectivity index (χ3v) is 3.52. The van der Waals surface area contributed by atoms with Crippen LogP contribution in [0.2, 0.25) is 0 Å². The van der Waals surface area contributed by atoms with Gasteiger partial charge in [-0.15, -0.1) is 0 Å². The van der Waals surface area contributed by atoms with Gasteiger partial charge in [0, 0.05) is 37.7 Å². The summed E-state index contributed by atoms with van der Waals surface area (Å²) in [6, 6.07) is 9.04. The summed E-state index contributed by atoms with van der Waals surface area (Å²) in [5.41, 5.74) is 3.14. The van der Waals surface area contributed by atoms with Crippen LogP contribution in [0.5, 0.6) is 0 Å². The molecule has 112 valence electrons. The second-order valence-electron chi connectivity index (χ2n) is 5.20. The van der Waals surface area contributed by atoms with Crippen molar-refractivity contribution in [1.29, 1.82) is 0 Å². The lowest BCUT2D eigenvalue weighted by molar-refractivity contribution is 0.581. The molecule has 4 heteroatoms. The van der Waals surface area contributed by atoms with Crippen LogP contribution in [0, 0.1) is 5.82 Å². The minimum Gasteiger partial charge on any atom is -0.370 e.